The minimum absolute atomic E-state index is 0.147. The highest BCUT2D eigenvalue weighted by molar-refractivity contribution is 5.70. The number of imidazole rings is 1. The highest BCUT2D eigenvalue weighted by Crippen LogP contribution is 2.18. The molecule has 0 aliphatic carbocycles. The van der Waals surface area contributed by atoms with Crippen molar-refractivity contribution in [3.63, 3.8) is 0 Å². The second-order valence-electron chi connectivity index (χ2n) is 7.86. The number of fused-ring (bicyclic) bond motifs is 1. The zero-order chi connectivity index (χ0) is 20.5. The van der Waals surface area contributed by atoms with Gasteiger partial charge in [-0.25, -0.2) is 9.78 Å². The van der Waals surface area contributed by atoms with Crippen molar-refractivity contribution in [2.24, 2.45) is 7.05 Å². The Hall–Kier alpha value is -2.71. The standard InChI is InChI=1S/C21H27N5O3/c1-14-11-25(12-15(2)29-14)13-17-22-19-18(20(27)23-21(28)24(19)3)26(17)10-9-16-7-5-4-6-8-16/h4-8,14-15H,9-13H2,1-3H3,(H,23,27,28)/t14-,15+. The van der Waals surface area contributed by atoms with Crippen LogP contribution in [0, 0.1) is 0 Å². The van der Waals surface area contributed by atoms with Gasteiger partial charge in [0, 0.05) is 26.7 Å². The largest absolute Gasteiger partial charge is 0.373 e. The van der Waals surface area contributed by atoms with Crippen LogP contribution in [0.15, 0.2) is 39.9 Å². The van der Waals surface area contributed by atoms with Gasteiger partial charge in [0.15, 0.2) is 11.2 Å². The zero-order valence-electron chi connectivity index (χ0n) is 17.1. The Kier molecular flexibility index (Phi) is 5.38. The van der Waals surface area contributed by atoms with Gasteiger partial charge in [0.05, 0.1) is 18.8 Å². The topological polar surface area (TPSA) is 85.2 Å². The summed E-state index contributed by atoms with van der Waals surface area (Å²) in [6.45, 7) is 6.97. The van der Waals surface area contributed by atoms with Gasteiger partial charge in [-0.2, -0.15) is 0 Å². The van der Waals surface area contributed by atoms with Gasteiger partial charge in [0.2, 0.25) is 0 Å². The van der Waals surface area contributed by atoms with Gasteiger partial charge in [-0.3, -0.25) is 19.2 Å². The van der Waals surface area contributed by atoms with E-state index in [-0.39, 0.29) is 12.2 Å². The monoisotopic (exact) mass is 397 g/mol. The van der Waals surface area contributed by atoms with E-state index in [1.165, 1.54) is 10.1 Å². The third-order valence-electron chi connectivity index (χ3n) is 5.41. The fraction of sp³-hybridized carbons (Fsp3) is 0.476. The van der Waals surface area contributed by atoms with Crippen molar-refractivity contribution in [2.45, 2.75) is 45.6 Å². The molecule has 1 aliphatic heterocycles. The molecule has 29 heavy (non-hydrogen) atoms. The number of aromatic amines is 1. The number of ether oxygens (including phenoxy) is 1. The van der Waals surface area contributed by atoms with Crippen molar-refractivity contribution in [3.05, 3.63) is 62.6 Å². The minimum Gasteiger partial charge on any atom is -0.373 e. The summed E-state index contributed by atoms with van der Waals surface area (Å²) in [5.41, 5.74) is 1.23. The zero-order valence-corrected chi connectivity index (χ0v) is 17.1. The van der Waals surface area contributed by atoms with Crippen molar-refractivity contribution >= 4 is 11.2 Å². The van der Waals surface area contributed by atoms with Crippen LogP contribution in [-0.4, -0.2) is 49.3 Å². The van der Waals surface area contributed by atoms with Crippen LogP contribution >= 0.6 is 0 Å². The van der Waals surface area contributed by atoms with E-state index < -0.39 is 11.2 Å². The number of nitrogens with zero attached hydrogens (tertiary/aromatic N) is 4. The van der Waals surface area contributed by atoms with Crippen LogP contribution in [0.2, 0.25) is 0 Å². The number of hydrogen-bond donors (Lipinski definition) is 1. The Morgan fingerprint density at radius 2 is 1.83 bits per heavy atom. The molecule has 154 valence electrons. The van der Waals surface area contributed by atoms with Crippen molar-refractivity contribution in [1.29, 1.82) is 0 Å². The Bertz CT molecular complexity index is 1110. The van der Waals surface area contributed by atoms with E-state index in [2.05, 4.69) is 35.9 Å². The van der Waals surface area contributed by atoms with Gasteiger partial charge in [0.25, 0.3) is 5.56 Å². The maximum atomic E-state index is 12.6. The van der Waals surface area contributed by atoms with Crippen molar-refractivity contribution < 1.29 is 4.74 Å². The molecular weight excluding hydrogens is 370 g/mol. The van der Waals surface area contributed by atoms with E-state index in [1.54, 1.807) is 7.05 Å². The lowest BCUT2D eigenvalue weighted by Crippen LogP contribution is -2.45. The van der Waals surface area contributed by atoms with Crippen molar-refractivity contribution in [3.8, 4) is 0 Å². The molecule has 0 spiro atoms. The first-order valence-corrected chi connectivity index (χ1v) is 10.0. The molecule has 3 heterocycles. The molecule has 0 unspecified atom stereocenters. The van der Waals surface area contributed by atoms with E-state index >= 15 is 0 Å². The van der Waals surface area contributed by atoms with Crippen molar-refractivity contribution in [2.75, 3.05) is 13.1 Å². The second kappa shape index (κ2) is 7.96. The van der Waals surface area contributed by atoms with Gasteiger partial charge in [-0.15, -0.1) is 0 Å². The van der Waals surface area contributed by atoms with Gasteiger partial charge in [0.1, 0.15) is 5.82 Å². The maximum absolute atomic E-state index is 12.6. The lowest BCUT2D eigenvalue weighted by Gasteiger charge is -2.35. The van der Waals surface area contributed by atoms with Crippen LogP contribution < -0.4 is 11.2 Å². The van der Waals surface area contributed by atoms with E-state index in [9.17, 15) is 9.59 Å². The Morgan fingerprint density at radius 1 is 1.14 bits per heavy atom. The molecule has 1 fully saturated rings. The van der Waals surface area contributed by atoms with Crippen LogP contribution in [0.3, 0.4) is 0 Å². The summed E-state index contributed by atoms with van der Waals surface area (Å²) in [5, 5.41) is 0. The molecule has 8 heteroatoms. The normalized spacial score (nSPS) is 20.4. The van der Waals surface area contributed by atoms with Gasteiger partial charge >= 0.3 is 5.69 Å². The number of rotatable bonds is 5. The maximum Gasteiger partial charge on any atom is 0.329 e. The summed E-state index contributed by atoms with van der Waals surface area (Å²) in [5.74, 6) is 0.795. The first-order valence-electron chi connectivity index (χ1n) is 10.0. The lowest BCUT2D eigenvalue weighted by molar-refractivity contribution is -0.0712. The molecule has 1 N–H and O–H groups in total. The molecular formula is C21H27N5O3. The number of hydrogen-bond acceptors (Lipinski definition) is 5. The van der Waals surface area contributed by atoms with E-state index in [0.29, 0.717) is 24.3 Å². The fourth-order valence-electron chi connectivity index (χ4n) is 4.14. The Balaban J connectivity index is 1.73. The molecule has 1 aromatic carbocycles. The smallest absolute Gasteiger partial charge is 0.329 e. The minimum atomic E-state index is -0.449. The first-order chi connectivity index (χ1) is 13.9. The van der Waals surface area contributed by atoms with Crippen LogP contribution in [-0.2, 0) is 31.3 Å². The number of aromatic nitrogens is 4. The first kappa shape index (κ1) is 19.6. The van der Waals surface area contributed by atoms with E-state index in [1.807, 2.05) is 22.8 Å². The predicted octanol–water partition coefficient (Wildman–Crippen LogP) is 1.28. The van der Waals surface area contributed by atoms with E-state index in [4.69, 9.17) is 9.72 Å². The molecule has 3 aromatic rings. The fourth-order valence-corrected chi connectivity index (χ4v) is 4.14. The SMILES string of the molecule is C[C@@H]1CN(Cc2nc3c(c(=O)[nH]c(=O)n3C)n2CCc2ccccc2)C[C@H](C)O1. The quantitative estimate of drug-likeness (QED) is 0.701. The molecule has 8 nitrogen and oxygen atoms in total. The summed E-state index contributed by atoms with van der Waals surface area (Å²) in [7, 11) is 1.64. The van der Waals surface area contributed by atoms with Gasteiger partial charge < -0.3 is 9.30 Å². The average Bonchev–Trinajstić information content (AvgIpc) is 3.03. The van der Waals surface area contributed by atoms with Gasteiger partial charge in [-0.1, -0.05) is 30.3 Å². The van der Waals surface area contributed by atoms with Crippen LogP contribution in [0.25, 0.3) is 11.2 Å². The summed E-state index contributed by atoms with van der Waals surface area (Å²) in [6.07, 6.45) is 1.07. The van der Waals surface area contributed by atoms with Gasteiger partial charge in [-0.05, 0) is 25.8 Å². The number of nitrogens with one attached hydrogen (secondary N) is 1. The molecule has 1 aliphatic rings. The van der Waals surface area contributed by atoms with Crippen LogP contribution in [0.5, 0.6) is 0 Å². The molecule has 2 aromatic heterocycles. The number of H-pyrrole nitrogens is 1. The van der Waals surface area contributed by atoms with E-state index in [0.717, 1.165) is 25.3 Å². The number of aryl methyl sites for hydroxylation is 3. The third kappa shape index (κ3) is 4.04. The summed E-state index contributed by atoms with van der Waals surface area (Å²) in [4.78, 5) is 34.1. The van der Waals surface area contributed by atoms with Crippen molar-refractivity contribution in [1.82, 2.24) is 24.0 Å². The molecule has 1 saturated heterocycles. The van der Waals surface area contributed by atoms with Crippen LogP contribution in [0.4, 0.5) is 0 Å². The number of benzene rings is 1. The molecule has 4 rings (SSSR count). The molecule has 0 bridgehead atoms. The predicted molar refractivity (Wildman–Crippen MR) is 111 cm³/mol. The lowest BCUT2D eigenvalue weighted by atomic mass is 10.1. The summed E-state index contributed by atoms with van der Waals surface area (Å²) < 4.78 is 9.20. The third-order valence-corrected chi connectivity index (χ3v) is 5.41. The highest BCUT2D eigenvalue weighted by Gasteiger charge is 2.25. The molecule has 0 saturated carbocycles. The molecule has 0 radical (unpaired) electrons. The molecule has 2 atom stereocenters. The Labute approximate surface area is 168 Å². The summed E-state index contributed by atoms with van der Waals surface area (Å²) in [6, 6.07) is 10.2. The average molecular weight is 397 g/mol. The summed E-state index contributed by atoms with van der Waals surface area (Å²) >= 11 is 0. The molecule has 0 amide bonds. The number of morpholine rings is 1. The highest BCUT2D eigenvalue weighted by atomic mass is 16.5. The Morgan fingerprint density at radius 3 is 2.52 bits per heavy atom. The van der Waals surface area contributed by atoms with Crippen LogP contribution in [0.1, 0.15) is 25.2 Å². The second-order valence-corrected chi connectivity index (χ2v) is 7.86.